The largest absolute Gasteiger partial charge is 0.497 e. The molecule has 2 aromatic carbocycles. The van der Waals surface area contributed by atoms with Crippen molar-refractivity contribution in [3.05, 3.63) is 59.9 Å². The van der Waals surface area contributed by atoms with Gasteiger partial charge in [-0.05, 0) is 49.7 Å². The lowest BCUT2D eigenvalue weighted by Gasteiger charge is -2.10. The summed E-state index contributed by atoms with van der Waals surface area (Å²) in [5, 5.41) is 9.49. The van der Waals surface area contributed by atoms with Crippen LogP contribution in [0.4, 0.5) is 0 Å². The third-order valence-electron chi connectivity index (χ3n) is 4.20. The molecule has 0 aliphatic heterocycles. The van der Waals surface area contributed by atoms with Crippen molar-refractivity contribution in [3.8, 4) is 17.2 Å². The van der Waals surface area contributed by atoms with Gasteiger partial charge in [0.2, 0.25) is 0 Å². The first-order valence-corrected chi connectivity index (χ1v) is 10.2. The molecule has 28 heavy (non-hydrogen) atoms. The van der Waals surface area contributed by atoms with E-state index in [1.54, 1.807) is 18.9 Å². The van der Waals surface area contributed by atoms with Crippen LogP contribution in [0.15, 0.2) is 53.7 Å². The summed E-state index contributed by atoms with van der Waals surface area (Å²) in [4.78, 5) is 0. The van der Waals surface area contributed by atoms with Gasteiger partial charge in [-0.2, -0.15) is 0 Å². The molecule has 1 heterocycles. The Hall–Kier alpha value is -2.67. The van der Waals surface area contributed by atoms with E-state index in [4.69, 9.17) is 14.2 Å². The maximum absolute atomic E-state index is 5.91. The molecule has 3 aromatic rings. The van der Waals surface area contributed by atoms with Crippen molar-refractivity contribution in [2.45, 2.75) is 32.2 Å². The topological polar surface area (TPSA) is 58.4 Å². The van der Waals surface area contributed by atoms with Crippen molar-refractivity contribution in [2.75, 3.05) is 19.5 Å². The number of aryl methyl sites for hydroxylation is 1. The van der Waals surface area contributed by atoms with Crippen LogP contribution in [0.1, 0.15) is 18.3 Å². The van der Waals surface area contributed by atoms with Crippen LogP contribution in [0.25, 0.3) is 0 Å². The molecule has 148 valence electrons. The Morgan fingerprint density at radius 2 is 1.71 bits per heavy atom. The summed E-state index contributed by atoms with van der Waals surface area (Å²) in [5.74, 6) is 4.12. The molecule has 0 radical (unpaired) electrons. The fourth-order valence-corrected chi connectivity index (χ4v) is 3.51. The van der Waals surface area contributed by atoms with E-state index in [1.165, 1.54) is 0 Å². The van der Waals surface area contributed by atoms with Crippen LogP contribution >= 0.6 is 11.8 Å². The van der Waals surface area contributed by atoms with Crippen molar-refractivity contribution in [1.29, 1.82) is 0 Å². The molecule has 0 spiro atoms. The molecule has 1 aromatic heterocycles. The highest BCUT2D eigenvalue weighted by molar-refractivity contribution is 7.99. The van der Waals surface area contributed by atoms with E-state index in [0.717, 1.165) is 46.1 Å². The zero-order valence-corrected chi connectivity index (χ0v) is 17.2. The van der Waals surface area contributed by atoms with Gasteiger partial charge in [0.25, 0.3) is 0 Å². The number of hydrogen-bond donors (Lipinski definition) is 0. The van der Waals surface area contributed by atoms with Crippen LogP contribution in [-0.2, 0) is 13.2 Å². The number of hydrogen-bond acceptors (Lipinski definition) is 6. The highest BCUT2D eigenvalue weighted by atomic mass is 32.2. The second kappa shape index (κ2) is 10.0. The van der Waals surface area contributed by atoms with Gasteiger partial charge in [-0.25, -0.2) is 0 Å². The Labute approximate surface area is 169 Å². The Morgan fingerprint density at radius 1 is 0.964 bits per heavy atom. The number of benzene rings is 2. The molecular formula is C21H25N3O3S. The molecule has 0 aliphatic rings. The van der Waals surface area contributed by atoms with Crippen LogP contribution in [0.2, 0.25) is 0 Å². The molecule has 0 fully saturated rings. The summed E-state index contributed by atoms with van der Waals surface area (Å²) in [6.45, 7) is 5.89. The Balaban J connectivity index is 1.51. The number of nitrogens with zero attached hydrogens (tertiary/aromatic N) is 3. The molecule has 0 saturated heterocycles. The first kappa shape index (κ1) is 20.1. The smallest absolute Gasteiger partial charge is 0.191 e. The number of thioether (sulfide) groups is 1. The molecule has 3 rings (SSSR count). The Kier molecular flexibility index (Phi) is 7.19. The minimum Gasteiger partial charge on any atom is -0.497 e. The van der Waals surface area contributed by atoms with Crippen molar-refractivity contribution in [1.82, 2.24) is 14.8 Å². The quantitative estimate of drug-likeness (QED) is 0.373. The standard InChI is InChI=1S/C21H25N3O3S/c1-4-24-20(15-27-19-8-6-5-7-16(19)2)22-23-21(24)28-14-13-26-18-11-9-17(25-3)10-12-18/h5-12H,4,13-15H2,1-3H3. The van der Waals surface area contributed by atoms with Crippen LogP contribution in [0, 0.1) is 6.92 Å². The molecular weight excluding hydrogens is 374 g/mol. The predicted octanol–water partition coefficient (Wildman–Crippen LogP) is 4.37. The number of para-hydroxylation sites is 1. The van der Waals surface area contributed by atoms with Gasteiger partial charge in [0.15, 0.2) is 11.0 Å². The molecule has 0 N–H and O–H groups in total. The molecule has 0 bridgehead atoms. The molecule has 0 saturated carbocycles. The van der Waals surface area contributed by atoms with Gasteiger partial charge >= 0.3 is 0 Å². The summed E-state index contributed by atoms with van der Waals surface area (Å²) in [6.07, 6.45) is 0. The molecule has 0 aliphatic carbocycles. The lowest BCUT2D eigenvalue weighted by molar-refractivity contribution is 0.286. The Bertz CT molecular complexity index is 881. The summed E-state index contributed by atoms with van der Waals surface area (Å²) >= 11 is 1.63. The zero-order valence-electron chi connectivity index (χ0n) is 16.4. The van der Waals surface area contributed by atoms with E-state index >= 15 is 0 Å². The highest BCUT2D eigenvalue weighted by Gasteiger charge is 2.12. The summed E-state index contributed by atoms with van der Waals surface area (Å²) in [5.41, 5.74) is 1.11. The van der Waals surface area contributed by atoms with E-state index in [-0.39, 0.29) is 0 Å². The second-order valence-corrected chi connectivity index (χ2v) is 7.13. The van der Waals surface area contributed by atoms with E-state index < -0.39 is 0 Å². The summed E-state index contributed by atoms with van der Waals surface area (Å²) in [6, 6.07) is 15.5. The minimum absolute atomic E-state index is 0.397. The maximum atomic E-state index is 5.91. The molecule has 7 heteroatoms. The van der Waals surface area contributed by atoms with Crippen molar-refractivity contribution < 1.29 is 14.2 Å². The van der Waals surface area contributed by atoms with E-state index in [2.05, 4.69) is 21.7 Å². The summed E-state index contributed by atoms with van der Waals surface area (Å²) < 4.78 is 18.9. The van der Waals surface area contributed by atoms with Gasteiger partial charge in [-0.1, -0.05) is 30.0 Å². The van der Waals surface area contributed by atoms with Crippen LogP contribution < -0.4 is 14.2 Å². The molecule has 0 amide bonds. The van der Waals surface area contributed by atoms with E-state index in [0.29, 0.717) is 13.2 Å². The van der Waals surface area contributed by atoms with Gasteiger partial charge in [0.1, 0.15) is 23.9 Å². The van der Waals surface area contributed by atoms with Crippen LogP contribution in [-0.4, -0.2) is 34.2 Å². The third kappa shape index (κ3) is 5.19. The van der Waals surface area contributed by atoms with Crippen molar-refractivity contribution >= 4 is 11.8 Å². The fraction of sp³-hybridized carbons (Fsp3) is 0.333. The SMILES string of the molecule is CCn1c(COc2ccccc2C)nnc1SCCOc1ccc(OC)cc1. The minimum atomic E-state index is 0.397. The number of ether oxygens (including phenoxy) is 3. The highest BCUT2D eigenvalue weighted by Crippen LogP contribution is 2.21. The number of aromatic nitrogens is 3. The second-order valence-electron chi connectivity index (χ2n) is 6.07. The van der Waals surface area contributed by atoms with Crippen molar-refractivity contribution in [3.63, 3.8) is 0 Å². The number of rotatable bonds is 10. The molecule has 0 atom stereocenters. The van der Waals surface area contributed by atoms with Gasteiger partial charge in [-0.15, -0.1) is 10.2 Å². The van der Waals surface area contributed by atoms with Gasteiger partial charge < -0.3 is 18.8 Å². The zero-order chi connectivity index (χ0) is 19.8. The average molecular weight is 400 g/mol. The van der Waals surface area contributed by atoms with Crippen molar-refractivity contribution in [2.24, 2.45) is 0 Å². The third-order valence-corrected chi connectivity index (χ3v) is 5.13. The number of methoxy groups -OCH3 is 1. The van der Waals surface area contributed by atoms with E-state index in [1.807, 2.05) is 55.5 Å². The first-order chi connectivity index (χ1) is 13.7. The molecule has 0 unspecified atom stereocenters. The normalized spacial score (nSPS) is 10.7. The Morgan fingerprint density at radius 3 is 2.43 bits per heavy atom. The lowest BCUT2D eigenvalue weighted by atomic mass is 10.2. The average Bonchev–Trinajstić information content (AvgIpc) is 3.12. The van der Waals surface area contributed by atoms with E-state index in [9.17, 15) is 0 Å². The first-order valence-electron chi connectivity index (χ1n) is 9.21. The monoisotopic (exact) mass is 399 g/mol. The van der Waals surface area contributed by atoms with Gasteiger partial charge in [0.05, 0.1) is 13.7 Å². The lowest BCUT2D eigenvalue weighted by Crippen LogP contribution is -2.08. The predicted molar refractivity (Wildman–Crippen MR) is 110 cm³/mol. The van der Waals surface area contributed by atoms with Gasteiger partial charge in [0, 0.05) is 12.3 Å². The van der Waals surface area contributed by atoms with Gasteiger partial charge in [-0.3, -0.25) is 0 Å². The van der Waals surface area contributed by atoms with Crippen LogP contribution in [0.5, 0.6) is 17.2 Å². The molecule has 6 nitrogen and oxygen atoms in total. The summed E-state index contributed by atoms with van der Waals surface area (Å²) in [7, 11) is 1.65. The maximum Gasteiger partial charge on any atom is 0.191 e. The fourth-order valence-electron chi connectivity index (χ4n) is 2.68. The van der Waals surface area contributed by atoms with Crippen LogP contribution in [0.3, 0.4) is 0 Å².